The van der Waals surface area contributed by atoms with Gasteiger partial charge in [0.25, 0.3) is 0 Å². The number of aryl methyl sites for hydroxylation is 2. The standard InChI is InChI=1S/C22H21N5/c1-16-10-18(12-26-22(16)19-5-6-24-17(2)11-19)14-27-9-3-4-20(15-27)21-13-23-7-8-25-21/h3-8,10-13,15H,9,14H2,1-2H3. The Morgan fingerprint density at radius 1 is 1.00 bits per heavy atom. The molecule has 27 heavy (non-hydrogen) atoms. The monoisotopic (exact) mass is 355 g/mol. The van der Waals surface area contributed by atoms with Gasteiger partial charge in [-0.3, -0.25) is 19.9 Å². The normalized spacial score (nSPS) is 13.6. The molecule has 3 aromatic rings. The minimum atomic E-state index is 0.803. The van der Waals surface area contributed by atoms with Gasteiger partial charge in [0.15, 0.2) is 0 Å². The Bertz CT molecular complexity index is 1010. The van der Waals surface area contributed by atoms with Crippen molar-refractivity contribution in [2.24, 2.45) is 0 Å². The summed E-state index contributed by atoms with van der Waals surface area (Å²) in [6.45, 7) is 5.78. The maximum absolute atomic E-state index is 4.72. The van der Waals surface area contributed by atoms with Crippen LogP contribution in [0.4, 0.5) is 0 Å². The van der Waals surface area contributed by atoms with E-state index in [1.54, 1.807) is 18.6 Å². The van der Waals surface area contributed by atoms with Gasteiger partial charge in [-0.25, -0.2) is 0 Å². The van der Waals surface area contributed by atoms with Crippen molar-refractivity contribution < 1.29 is 0 Å². The Morgan fingerprint density at radius 3 is 2.70 bits per heavy atom. The zero-order valence-corrected chi connectivity index (χ0v) is 15.5. The lowest BCUT2D eigenvalue weighted by Crippen LogP contribution is -2.20. The molecule has 0 amide bonds. The van der Waals surface area contributed by atoms with E-state index in [2.05, 4.69) is 57.3 Å². The summed E-state index contributed by atoms with van der Waals surface area (Å²) in [5.74, 6) is 0. The number of aromatic nitrogens is 4. The molecule has 4 rings (SSSR count). The molecule has 0 unspecified atom stereocenters. The molecule has 1 aliphatic heterocycles. The molecule has 0 saturated carbocycles. The molecule has 0 aliphatic carbocycles. The summed E-state index contributed by atoms with van der Waals surface area (Å²) in [7, 11) is 0. The van der Waals surface area contributed by atoms with Gasteiger partial charge >= 0.3 is 0 Å². The van der Waals surface area contributed by atoms with Gasteiger partial charge in [-0.2, -0.15) is 0 Å². The zero-order valence-electron chi connectivity index (χ0n) is 15.5. The highest BCUT2D eigenvalue weighted by atomic mass is 15.1. The fourth-order valence-corrected chi connectivity index (χ4v) is 3.27. The maximum atomic E-state index is 4.72. The van der Waals surface area contributed by atoms with E-state index >= 15 is 0 Å². The first-order chi connectivity index (χ1) is 13.2. The third-order valence-corrected chi connectivity index (χ3v) is 4.51. The first-order valence-electron chi connectivity index (χ1n) is 8.96. The average molecular weight is 355 g/mol. The predicted octanol–water partition coefficient (Wildman–Crippen LogP) is 3.96. The van der Waals surface area contributed by atoms with Crippen molar-refractivity contribution >= 4 is 5.57 Å². The van der Waals surface area contributed by atoms with Crippen molar-refractivity contribution in [1.29, 1.82) is 0 Å². The molecule has 134 valence electrons. The first-order valence-corrected chi connectivity index (χ1v) is 8.96. The van der Waals surface area contributed by atoms with Gasteiger partial charge in [0.05, 0.1) is 17.6 Å². The summed E-state index contributed by atoms with van der Waals surface area (Å²) in [4.78, 5) is 19.8. The van der Waals surface area contributed by atoms with Crippen LogP contribution in [0.1, 0.15) is 22.5 Å². The number of rotatable bonds is 4. The quantitative estimate of drug-likeness (QED) is 0.709. The molecule has 4 heterocycles. The second-order valence-electron chi connectivity index (χ2n) is 6.70. The summed E-state index contributed by atoms with van der Waals surface area (Å²) in [6, 6.07) is 6.29. The highest BCUT2D eigenvalue weighted by Crippen LogP contribution is 2.23. The summed E-state index contributed by atoms with van der Waals surface area (Å²) in [6.07, 6.45) is 15.4. The topological polar surface area (TPSA) is 54.8 Å². The van der Waals surface area contributed by atoms with Crippen LogP contribution in [0.25, 0.3) is 16.8 Å². The van der Waals surface area contributed by atoms with E-state index in [0.29, 0.717) is 0 Å². The van der Waals surface area contributed by atoms with E-state index in [9.17, 15) is 0 Å². The number of hydrogen-bond donors (Lipinski definition) is 0. The van der Waals surface area contributed by atoms with Gasteiger partial charge in [0, 0.05) is 60.9 Å². The Hall–Kier alpha value is -3.34. The molecule has 1 aliphatic rings. The number of pyridine rings is 2. The minimum Gasteiger partial charge on any atom is -0.369 e. The van der Waals surface area contributed by atoms with E-state index in [4.69, 9.17) is 4.98 Å². The summed E-state index contributed by atoms with van der Waals surface area (Å²) in [5.41, 5.74) is 7.44. The predicted molar refractivity (Wildman–Crippen MR) is 107 cm³/mol. The molecule has 0 N–H and O–H groups in total. The summed E-state index contributed by atoms with van der Waals surface area (Å²) >= 11 is 0. The zero-order chi connectivity index (χ0) is 18.6. The Morgan fingerprint density at radius 2 is 1.93 bits per heavy atom. The molecular formula is C22H21N5. The maximum Gasteiger partial charge on any atom is 0.0899 e. The van der Waals surface area contributed by atoms with E-state index < -0.39 is 0 Å². The Kier molecular flexibility index (Phi) is 4.75. The molecule has 5 nitrogen and oxygen atoms in total. The van der Waals surface area contributed by atoms with Crippen LogP contribution in [-0.4, -0.2) is 31.4 Å². The van der Waals surface area contributed by atoms with Gasteiger partial charge in [0.1, 0.15) is 0 Å². The fraction of sp³-hybridized carbons (Fsp3) is 0.182. The van der Waals surface area contributed by atoms with Crippen molar-refractivity contribution in [2.45, 2.75) is 20.4 Å². The molecule has 0 aromatic carbocycles. The van der Waals surface area contributed by atoms with Crippen LogP contribution in [0.2, 0.25) is 0 Å². The third kappa shape index (κ3) is 3.92. The van der Waals surface area contributed by atoms with E-state index in [-0.39, 0.29) is 0 Å². The highest BCUT2D eigenvalue weighted by Gasteiger charge is 2.11. The van der Waals surface area contributed by atoms with Crippen molar-refractivity contribution in [2.75, 3.05) is 6.54 Å². The summed E-state index contributed by atoms with van der Waals surface area (Å²) < 4.78 is 0. The van der Waals surface area contributed by atoms with Crippen LogP contribution in [0.5, 0.6) is 0 Å². The van der Waals surface area contributed by atoms with Crippen LogP contribution < -0.4 is 0 Å². The van der Waals surface area contributed by atoms with Crippen molar-refractivity contribution in [3.63, 3.8) is 0 Å². The van der Waals surface area contributed by atoms with E-state index in [0.717, 1.165) is 41.3 Å². The average Bonchev–Trinajstić information content (AvgIpc) is 2.69. The van der Waals surface area contributed by atoms with E-state index in [1.807, 2.05) is 25.4 Å². The Labute approximate surface area is 159 Å². The number of allylic oxidation sites excluding steroid dienone is 2. The van der Waals surface area contributed by atoms with Gasteiger partial charge in [-0.15, -0.1) is 0 Å². The molecule has 0 saturated heterocycles. The van der Waals surface area contributed by atoms with Crippen molar-refractivity contribution in [3.8, 4) is 11.3 Å². The van der Waals surface area contributed by atoms with Gasteiger partial charge in [-0.1, -0.05) is 18.2 Å². The van der Waals surface area contributed by atoms with Crippen LogP contribution >= 0.6 is 0 Å². The Balaban J connectivity index is 1.54. The molecule has 0 fully saturated rings. The van der Waals surface area contributed by atoms with Crippen LogP contribution in [0.3, 0.4) is 0 Å². The van der Waals surface area contributed by atoms with Gasteiger partial charge < -0.3 is 4.90 Å². The van der Waals surface area contributed by atoms with Gasteiger partial charge in [-0.05, 0) is 37.1 Å². The molecule has 0 radical (unpaired) electrons. The lowest BCUT2D eigenvalue weighted by atomic mass is 10.0. The number of hydrogen-bond acceptors (Lipinski definition) is 5. The lowest BCUT2D eigenvalue weighted by Gasteiger charge is -2.23. The molecule has 0 spiro atoms. The number of nitrogens with zero attached hydrogens (tertiary/aromatic N) is 5. The lowest BCUT2D eigenvalue weighted by molar-refractivity contribution is 0.406. The molecule has 0 bridgehead atoms. The fourth-order valence-electron chi connectivity index (χ4n) is 3.27. The summed E-state index contributed by atoms with van der Waals surface area (Å²) in [5, 5.41) is 0. The molecular weight excluding hydrogens is 334 g/mol. The largest absolute Gasteiger partial charge is 0.369 e. The molecule has 3 aromatic heterocycles. The SMILES string of the molecule is Cc1cc(-c2ncc(CN3C=C(c4cnccn4)C=CC3)cc2C)ccn1. The first kappa shape index (κ1) is 17.1. The van der Waals surface area contributed by atoms with E-state index in [1.165, 1.54) is 11.1 Å². The van der Waals surface area contributed by atoms with Gasteiger partial charge in [0.2, 0.25) is 0 Å². The third-order valence-electron chi connectivity index (χ3n) is 4.51. The minimum absolute atomic E-state index is 0.803. The smallest absolute Gasteiger partial charge is 0.0899 e. The second kappa shape index (κ2) is 7.50. The second-order valence-corrected chi connectivity index (χ2v) is 6.70. The highest BCUT2D eigenvalue weighted by molar-refractivity contribution is 5.71. The molecule has 0 atom stereocenters. The van der Waals surface area contributed by atoms with Crippen molar-refractivity contribution in [1.82, 2.24) is 24.8 Å². The van der Waals surface area contributed by atoms with Crippen LogP contribution in [0.15, 0.2) is 67.5 Å². The molecule has 5 heteroatoms. The van der Waals surface area contributed by atoms with Crippen LogP contribution in [-0.2, 0) is 6.54 Å². The van der Waals surface area contributed by atoms with Crippen molar-refractivity contribution in [3.05, 3.63) is 90.1 Å². The van der Waals surface area contributed by atoms with Crippen LogP contribution in [0, 0.1) is 13.8 Å².